The summed E-state index contributed by atoms with van der Waals surface area (Å²) in [6.45, 7) is 4.63. The Kier molecular flexibility index (Phi) is 5.71. The molecule has 2 heterocycles. The van der Waals surface area contributed by atoms with Crippen LogP contribution in [0.4, 0.5) is 11.4 Å². The van der Waals surface area contributed by atoms with E-state index in [0.29, 0.717) is 18.0 Å². The number of anilines is 2. The zero-order valence-electron chi connectivity index (χ0n) is 14.4. The molecule has 0 atom stereocenters. The van der Waals surface area contributed by atoms with Crippen LogP contribution < -0.4 is 15.1 Å². The first-order chi connectivity index (χ1) is 12.1. The molecule has 0 aliphatic carbocycles. The second kappa shape index (κ2) is 8.16. The zero-order valence-corrected chi connectivity index (χ0v) is 15.2. The lowest BCUT2D eigenvalue weighted by Crippen LogP contribution is -2.37. The summed E-state index contributed by atoms with van der Waals surface area (Å²) >= 11 is 1.41. The van der Waals surface area contributed by atoms with Crippen molar-refractivity contribution in [2.75, 3.05) is 36.0 Å². The minimum atomic E-state index is -0.0946. The number of carbonyl (C=O) groups is 2. The summed E-state index contributed by atoms with van der Waals surface area (Å²) in [5, 5.41) is 4.74. The molecule has 0 radical (unpaired) electrons. The van der Waals surface area contributed by atoms with Crippen LogP contribution in [0.25, 0.3) is 0 Å². The van der Waals surface area contributed by atoms with Crippen molar-refractivity contribution >= 4 is 34.5 Å². The SMILES string of the molecule is CC(=O)N(CCNC(=O)c1cccs1)c1ccc(N2CCCC2)cc1. The monoisotopic (exact) mass is 357 g/mol. The van der Waals surface area contributed by atoms with Gasteiger partial charge in [0.1, 0.15) is 0 Å². The zero-order chi connectivity index (χ0) is 17.6. The standard InChI is InChI=1S/C19H23N3O2S/c1-15(23)22(13-10-20-19(24)18-5-4-14-25-18)17-8-6-16(7-9-17)21-11-2-3-12-21/h4-9,14H,2-3,10-13H2,1H3,(H,20,24). The normalized spacial score (nSPS) is 13.7. The summed E-state index contributed by atoms with van der Waals surface area (Å²) in [6.07, 6.45) is 2.48. The molecule has 0 spiro atoms. The Labute approximate surface area is 152 Å². The molecular formula is C19H23N3O2S. The predicted molar refractivity (Wildman–Crippen MR) is 103 cm³/mol. The third kappa shape index (κ3) is 4.39. The maximum absolute atomic E-state index is 12.0. The predicted octanol–water partition coefficient (Wildman–Crippen LogP) is 3.13. The number of hydrogen-bond donors (Lipinski definition) is 1. The van der Waals surface area contributed by atoms with Gasteiger partial charge in [-0.3, -0.25) is 9.59 Å². The molecule has 1 aliphatic heterocycles. The number of thiophene rings is 1. The lowest BCUT2D eigenvalue weighted by Gasteiger charge is -2.23. The van der Waals surface area contributed by atoms with Crippen LogP contribution in [0.3, 0.4) is 0 Å². The molecule has 3 rings (SSSR count). The van der Waals surface area contributed by atoms with Crippen LogP contribution in [-0.2, 0) is 4.79 Å². The third-order valence-electron chi connectivity index (χ3n) is 4.38. The summed E-state index contributed by atoms with van der Waals surface area (Å²) in [5.74, 6) is -0.123. The molecular weight excluding hydrogens is 334 g/mol. The Hall–Kier alpha value is -2.34. The molecule has 1 N–H and O–H groups in total. The van der Waals surface area contributed by atoms with Crippen LogP contribution in [-0.4, -0.2) is 38.0 Å². The van der Waals surface area contributed by atoms with E-state index in [-0.39, 0.29) is 11.8 Å². The van der Waals surface area contributed by atoms with Crippen LogP contribution in [0.1, 0.15) is 29.4 Å². The van der Waals surface area contributed by atoms with Gasteiger partial charge in [-0.2, -0.15) is 0 Å². The van der Waals surface area contributed by atoms with Crippen molar-refractivity contribution in [3.05, 3.63) is 46.7 Å². The van der Waals surface area contributed by atoms with Crippen LogP contribution in [0.2, 0.25) is 0 Å². The van der Waals surface area contributed by atoms with E-state index in [0.717, 1.165) is 18.8 Å². The van der Waals surface area contributed by atoms with Gasteiger partial charge >= 0.3 is 0 Å². The second-order valence-electron chi connectivity index (χ2n) is 6.11. The van der Waals surface area contributed by atoms with Crippen LogP contribution in [0.15, 0.2) is 41.8 Å². The number of carbonyl (C=O) groups excluding carboxylic acids is 2. The van der Waals surface area contributed by atoms with E-state index >= 15 is 0 Å². The summed E-state index contributed by atoms with van der Waals surface area (Å²) in [6, 6.07) is 11.7. The van der Waals surface area contributed by atoms with Crippen LogP contribution in [0, 0.1) is 0 Å². The Morgan fingerprint density at radius 2 is 1.88 bits per heavy atom. The fourth-order valence-electron chi connectivity index (χ4n) is 3.06. The fraction of sp³-hybridized carbons (Fsp3) is 0.368. The Morgan fingerprint density at radius 3 is 2.48 bits per heavy atom. The maximum atomic E-state index is 12.0. The molecule has 1 aromatic carbocycles. The van der Waals surface area contributed by atoms with Gasteiger partial charge in [0.2, 0.25) is 5.91 Å². The van der Waals surface area contributed by atoms with Crippen molar-refractivity contribution < 1.29 is 9.59 Å². The largest absolute Gasteiger partial charge is 0.372 e. The Morgan fingerprint density at radius 1 is 1.16 bits per heavy atom. The van der Waals surface area contributed by atoms with Gasteiger partial charge in [0.25, 0.3) is 5.91 Å². The third-order valence-corrected chi connectivity index (χ3v) is 5.25. The highest BCUT2D eigenvalue weighted by atomic mass is 32.1. The number of nitrogens with zero attached hydrogens (tertiary/aromatic N) is 2. The molecule has 1 aliphatic rings. The number of benzene rings is 1. The lowest BCUT2D eigenvalue weighted by atomic mass is 10.2. The van der Waals surface area contributed by atoms with E-state index in [1.54, 1.807) is 17.9 Å². The number of nitrogens with one attached hydrogen (secondary N) is 1. The van der Waals surface area contributed by atoms with Crippen molar-refractivity contribution in [2.24, 2.45) is 0 Å². The fourth-order valence-corrected chi connectivity index (χ4v) is 3.70. The van der Waals surface area contributed by atoms with Gasteiger partial charge in [0, 0.05) is 44.5 Å². The van der Waals surface area contributed by atoms with Crippen molar-refractivity contribution in [3.8, 4) is 0 Å². The number of hydrogen-bond acceptors (Lipinski definition) is 4. The van der Waals surface area contributed by atoms with Gasteiger partial charge in [0.05, 0.1) is 4.88 Å². The minimum Gasteiger partial charge on any atom is -0.372 e. The molecule has 5 nitrogen and oxygen atoms in total. The minimum absolute atomic E-state index is 0.0284. The molecule has 1 fully saturated rings. The summed E-state index contributed by atoms with van der Waals surface area (Å²) < 4.78 is 0. The summed E-state index contributed by atoms with van der Waals surface area (Å²) in [5.41, 5.74) is 2.07. The first kappa shape index (κ1) is 17.5. The lowest BCUT2D eigenvalue weighted by molar-refractivity contribution is -0.116. The van der Waals surface area contributed by atoms with E-state index in [4.69, 9.17) is 0 Å². The van der Waals surface area contributed by atoms with E-state index in [1.165, 1.54) is 29.9 Å². The van der Waals surface area contributed by atoms with Gasteiger partial charge in [-0.15, -0.1) is 11.3 Å². The Bertz CT molecular complexity index is 707. The molecule has 2 amide bonds. The van der Waals surface area contributed by atoms with Crippen molar-refractivity contribution in [2.45, 2.75) is 19.8 Å². The van der Waals surface area contributed by atoms with Gasteiger partial charge < -0.3 is 15.1 Å². The van der Waals surface area contributed by atoms with Gasteiger partial charge in [0.15, 0.2) is 0 Å². The molecule has 0 saturated carbocycles. The molecule has 0 bridgehead atoms. The number of rotatable bonds is 6. The van der Waals surface area contributed by atoms with E-state index in [9.17, 15) is 9.59 Å². The highest BCUT2D eigenvalue weighted by Crippen LogP contribution is 2.24. The number of amides is 2. The first-order valence-corrected chi connectivity index (χ1v) is 9.48. The van der Waals surface area contributed by atoms with Gasteiger partial charge in [-0.1, -0.05) is 6.07 Å². The van der Waals surface area contributed by atoms with Crippen molar-refractivity contribution in [1.29, 1.82) is 0 Å². The molecule has 2 aromatic rings. The highest BCUT2D eigenvalue weighted by Gasteiger charge is 2.15. The van der Waals surface area contributed by atoms with E-state index < -0.39 is 0 Å². The summed E-state index contributed by atoms with van der Waals surface area (Å²) in [4.78, 5) is 28.7. The molecule has 0 unspecified atom stereocenters. The highest BCUT2D eigenvalue weighted by molar-refractivity contribution is 7.12. The smallest absolute Gasteiger partial charge is 0.261 e. The van der Waals surface area contributed by atoms with E-state index in [1.807, 2.05) is 23.6 Å². The van der Waals surface area contributed by atoms with Crippen LogP contribution >= 0.6 is 11.3 Å². The Balaban J connectivity index is 1.58. The first-order valence-electron chi connectivity index (χ1n) is 8.60. The summed E-state index contributed by atoms with van der Waals surface area (Å²) in [7, 11) is 0. The molecule has 6 heteroatoms. The molecule has 1 aromatic heterocycles. The second-order valence-corrected chi connectivity index (χ2v) is 7.06. The average Bonchev–Trinajstić information content (AvgIpc) is 3.32. The van der Waals surface area contributed by atoms with Crippen molar-refractivity contribution in [3.63, 3.8) is 0 Å². The van der Waals surface area contributed by atoms with Crippen LogP contribution in [0.5, 0.6) is 0 Å². The average molecular weight is 357 g/mol. The quantitative estimate of drug-likeness (QED) is 0.864. The van der Waals surface area contributed by atoms with Gasteiger partial charge in [-0.05, 0) is 48.6 Å². The topological polar surface area (TPSA) is 52.7 Å². The molecule has 25 heavy (non-hydrogen) atoms. The maximum Gasteiger partial charge on any atom is 0.261 e. The van der Waals surface area contributed by atoms with Gasteiger partial charge in [-0.25, -0.2) is 0 Å². The molecule has 1 saturated heterocycles. The van der Waals surface area contributed by atoms with Crippen molar-refractivity contribution in [1.82, 2.24) is 5.32 Å². The van der Waals surface area contributed by atoms with E-state index in [2.05, 4.69) is 22.3 Å². The molecule has 132 valence electrons.